The van der Waals surface area contributed by atoms with Gasteiger partial charge in [0.15, 0.2) is 0 Å². The second-order valence-corrected chi connectivity index (χ2v) is 5.54. The third-order valence-electron chi connectivity index (χ3n) is 4.40. The quantitative estimate of drug-likeness (QED) is 0.856. The minimum absolute atomic E-state index is 0.165. The van der Waals surface area contributed by atoms with Crippen LogP contribution in [-0.4, -0.2) is 31.1 Å². The molecule has 1 fully saturated rings. The van der Waals surface area contributed by atoms with Crippen LogP contribution in [0.3, 0.4) is 0 Å². The molecule has 1 aromatic rings. The van der Waals surface area contributed by atoms with Gasteiger partial charge in [0.05, 0.1) is 7.11 Å². The molecule has 1 saturated carbocycles. The normalized spacial score (nSPS) is 19.0. The molecule has 106 valence electrons. The fourth-order valence-electron chi connectivity index (χ4n) is 2.85. The van der Waals surface area contributed by atoms with Gasteiger partial charge in [0.1, 0.15) is 5.75 Å². The Labute approximate surface area is 116 Å². The lowest BCUT2D eigenvalue weighted by Crippen LogP contribution is -2.46. The van der Waals surface area contributed by atoms with Crippen molar-refractivity contribution in [3.05, 3.63) is 29.8 Å². The number of likely N-dealkylation sites (N-methyl/N-ethyl adjacent to an activating group) is 1. The van der Waals surface area contributed by atoms with Gasteiger partial charge in [0.25, 0.3) is 0 Å². The van der Waals surface area contributed by atoms with Gasteiger partial charge < -0.3 is 10.5 Å². The Morgan fingerprint density at radius 1 is 1.42 bits per heavy atom. The van der Waals surface area contributed by atoms with Crippen LogP contribution in [-0.2, 0) is 0 Å². The lowest BCUT2D eigenvalue weighted by atomic mass is 9.87. The lowest BCUT2D eigenvalue weighted by molar-refractivity contribution is 0.0937. The first-order valence-corrected chi connectivity index (χ1v) is 7.28. The first kappa shape index (κ1) is 14.4. The molecular formula is C16H26N2O. The van der Waals surface area contributed by atoms with Crippen LogP contribution in [0.15, 0.2) is 24.3 Å². The van der Waals surface area contributed by atoms with E-state index in [1.54, 1.807) is 7.11 Å². The van der Waals surface area contributed by atoms with Gasteiger partial charge in [-0.1, -0.05) is 25.5 Å². The molecule has 1 aromatic carbocycles. The van der Waals surface area contributed by atoms with Crippen LogP contribution >= 0.6 is 0 Å². The Bertz CT molecular complexity index is 403. The molecule has 0 saturated heterocycles. The number of hydrogen-bond donors (Lipinski definition) is 1. The molecule has 3 heteroatoms. The summed E-state index contributed by atoms with van der Waals surface area (Å²) < 4.78 is 5.34. The summed E-state index contributed by atoms with van der Waals surface area (Å²) in [5, 5.41) is 0. The number of rotatable bonds is 6. The SMILES string of the molecule is CCC(N)C(c1cccc(OC)c1)N(C)C1CCC1. The van der Waals surface area contributed by atoms with Crippen molar-refractivity contribution in [2.75, 3.05) is 14.2 Å². The molecule has 0 bridgehead atoms. The highest BCUT2D eigenvalue weighted by atomic mass is 16.5. The predicted molar refractivity (Wildman–Crippen MR) is 79.4 cm³/mol. The molecule has 0 spiro atoms. The van der Waals surface area contributed by atoms with Gasteiger partial charge in [-0.2, -0.15) is 0 Å². The lowest BCUT2D eigenvalue weighted by Gasteiger charge is -2.42. The van der Waals surface area contributed by atoms with E-state index < -0.39 is 0 Å². The predicted octanol–water partition coefficient (Wildman–Crippen LogP) is 2.96. The van der Waals surface area contributed by atoms with Gasteiger partial charge in [-0.3, -0.25) is 4.90 Å². The first-order chi connectivity index (χ1) is 9.17. The van der Waals surface area contributed by atoms with Crippen molar-refractivity contribution in [3.63, 3.8) is 0 Å². The molecule has 1 aliphatic carbocycles. The van der Waals surface area contributed by atoms with E-state index in [2.05, 4.69) is 37.1 Å². The third kappa shape index (κ3) is 3.10. The van der Waals surface area contributed by atoms with Gasteiger partial charge in [-0.05, 0) is 44.0 Å². The van der Waals surface area contributed by atoms with Gasteiger partial charge >= 0.3 is 0 Å². The summed E-state index contributed by atoms with van der Waals surface area (Å²) in [6, 6.07) is 9.46. The maximum Gasteiger partial charge on any atom is 0.119 e. The zero-order chi connectivity index (χ0) is 13.8. The van der Waals surface area contributed by atoms with Crippen LogP contribution in [0.1, 0.15) is 44.2 Å². The van der Waals surface area contributed by atoms with E-state index >= 15 is 0 Å². The van der Waals surface area contributed by atoms with Gasteiger partial charge in [-0.25, -0.2) is 0 Å². The molecule has 0 radical (unpaired) electrons. The van der Waals surface area contributed by atoms with E-state index in [0.29, 0.717) is 6.04 Å². The summed E-state index contributed by atoms with van der Waals surface area (Å²) in [4.78, 5) is 2.46. The van der Waals surface area contributed by atoms with Crippen LogP contribution in [0.25, 0.3) is 0 Å². The summed E-state index contributed by atoms with van der Waals surface area (Å²) in [7, 11) is 3.92. The van der Waals surface area contributed by atoms with Gasteiger partial charge in [0.2, 0.25) is 0 Å². The number of hydrogen-bond acceptors (Lipinski definition) is 3. The Balaban J connectivity index is 2.24. The van der Waals surface area contributed by atoms with Crippen molar-refractivity contribution in [1.29, 1.82) is 0 Å². The molecule has 2 N–H and O–H groups in total. The van der Waals surface area contributed by atoms with Crippen LogP contribution < -0.4 is 10.5 Å². The Morgan fingerprint density at radius 3 is 2.68 bits per heavy atom. The molecular weight excluding hydrogens is 236 g/mol. The van der Waals surface area contributed by atoms with Gasteiger partial charge in [-0.15, -0.1) is 0 Å². The van der Waals surface area contributed by atoms with Crippen LogP contribution in [0.2, 0.25) is 0 Å². The first-order valence-electron chi connectivity index (χ1n) is 7.28. The van der Waals surface area contributed by atoms with E-state index in [1.807, 2.05) is 6.07 Å². The van der Waals surface area contributed by atoms with Crippen molar-refractivity contribution in [2.24, 2.45) is 5.73 Å². The molecule has 2 unspecified atom stereocenters. The highest BCUT2D eigenvalue weighted by Crippen LogP contribution is 2.34. The topological polar surface area (TPSA) is 38.5 Å². The van der Waals surface area contributed by atoms with E-state index in [0.717, 1.165) is 12.2 Å². The molecule has 2 atom stereocenters. The minimum atomic E-state index is 0.165. The standard InChI is InChI=1S/C16H26N2O/c1-4-15(17)16(18(2)13-8-6-9-13)12-7-5-10-14(11-12)19-3/h5,7,10-11,13,15-16H,4,6,8-9,17H2,1-3H3. The van der Waals surface area contributed by atoms with Crippen LogP contribution in [0.4, 0.5) is 0 Å². The molecule has 2 rings (SSSR count). The highest BCUT2D eigenvalue weighted by molar-refractivity contribution is 5.31. The Hall–Kier alpha value is -1.06. The second kappa shape index (κ2) is 6.40. The van der Waals surface area contributed by atoms with Crippen molar-refractivity contribution >= 4 is 0 Å². The molecule has 1 aliphatic rings. The summed E-state index contributed by atoms with van der Waals surface area (Å²) in [5.41, 5.74) is 7.64. The Kier molecular flexibility index (Phi) is 4.83. The molecule has 3 nitrogen and oxygen atoms in total. The van der Waals surface area contributed by atoms with Crippen LogP contribution in [0.5, 0.6) is 5.75 Å². The highest BCUT2D eigenvalue weighted by Gasteiger charge is 2.31. The Morgan fingerprint density at radius 2 is 2.16 bits per heavy atom. The van der Waals surface area contributed by atoms with Crippen LogP contribution in [0, 0.1) is 0 Å². The summed E-state index contributed by atoms with van der Waals surface area (Å²) in [6.45, 7) is 2.16. The molecule has 0 aliphatic heterocycles. The number of nitrogens with two attached hydrogens (primary N) is 1. The zero-order valence-electron chi connectivity index (χ0n) is 12.3. The minimum Gasteiger partial charge on any atom is -0.497 e. The summed E-state index contributed by atoms with van der Waals surface area (Å²) in [6.07, 6.45) is 4.93. The zero-order valence-corrected chi connectivity index (χ0v) is 12.3. The fourth-order valence-corrected chi connectivity index (χ4v) is 2.85. The molecule has 0 amide bonds. The van der Waals surface area contributed by atoms with E-state index in [1.165, 1.54) is 24.8 Å². The molecule has 0 aromatic heterocycles. The fraction of sp³-hybridized carbons (Fsp3) is 0.625. The number of ether oxygens (including phenoxy) is 1. The van der Waals surface area contributed by atoms with Crippen molar-refractivity contribution < 1.29 is 4.74 Å². The second-order valence-electron chi connectivity index (χ2n) is 5.54. The third-order valence-corrected chi connectivity index (χ3v) is 4.40. The van der Waals surface area contributed by atoms with Crippen molar-refractivity contribution in [2.45, 2.75) is 50.7 Å². The summed E-state index contributed by atoms with van der Waals surface area (Å²) >= 11 is 0. The van der Waals surface area contributed by atoms with Crippen molar-refractivity contribution in [1.82, 2.24) is 4.90 Å². The average Bonchev–Trinajstić information content (AvgIpc) is 2.37. The van der Waals surface area contributed by atoms with E-state index in [4.69, 9.17) is 10.5 Å². The maximum atomic E-state index is 6.38. The number of methoxy groups -OCH3 is 1. The average molecular weight is 262 g/mol. The smallest absolute Gasteiger partial charge is 0.119 e. The monoisotopic (exact) mass is 262 g/mol. The largest absolute Gasteiger partial charge is 0.497 e. The molecule has 0 heterocycles. The maximum absolute atomic E-state index is 6.38. The van der Waals surface area contributed by atoms with E-state index in [9.17, 15) is 0 Å². The van der Waals surface area contributed by atoms with Gasteiger partial charge in [0, 0.05) is 18.1 Å². The summed E-state index contributed by atoms with van der Waals surface area (Å²) in [5.74, 6) is 0.910. The van der Waals surface area contributed by atoms with Crippen molar-refractivity contribution in [3.8, 4) is 5.75 Å². The number of benzene rings is 1. The van der Waals surface area contributed by atoms with E-state index in [-0.39, 0.29) is 12.1 Å². The number of nitrogens with zero attached hydrogens (tertiary/aromatic N) is 1. The molecule has 19 heavy (non-hydrogen) atoms.